The Kier molecular flexibility index (Phi) is 6.64. The number of aromatic carboxylic acids is 1. The average Bonchev–Trinajstić information content (AvgIpc) is 2.60. The van der Waals surface area contributed by atoms with Crippen LogP contribution in [0, 0.1) is 0 Å². The van der Waals surface area contributed by atoms with Gasteiger partial charge >= 0.3 is 11.9 Å². The Bertz CT molecular complexity index is 651. The van der Waals surface area contributed by atoms with Crippen molar-refractivity contribution in [2.45, 2.75) is 6.42 Å². The molecule has 2 rings (SSSR count). The van der Waals surface area contributed by atoms with Crippen LogP contribution in [0.1, 0.15) is 16.8 Å². The van der Waals surface area contributed by atoms with Crippen LogP contribution in [0.25, 0.3) is 0 Å². The lowest BCUT2D eigenvalue weighted by atomic mass is 10.2. The normalized spacial score (nSPS) is 10.0. The van der Waals surface area contributed by atoms with Crippen molar-refractivity contribution in [1.29, 1.82) is 0 Å². The van der Waals surface area contributed by atoms with Gasteiger partial charge in [-0.25, -0.2) is 4.79 Å². The van der Waals surface area contributed by atoms with Gasteiger partial charge in [0.2, 0.25) is 0 Å². The standard InChI is InChI=1S/C18H18O6/c19-17(10-11-22-15-4-2-1-3-5-15)24-13-12-23-16-8-6-14(7-9-16)18(20)21/h1-9H,10-13H2,(H,20,21). The Morgan fingerprint density at radius 1 is 0.792 bits per heavy atom. The third kappa shape index (κ3) is 6.00. The molecule has 0 fully saturated rings. The summed E-state index contributed by atoms with van der Waals surface area (Å²) in [4.78, 5) is 22.3. The summed E-state index contributed by atoms with van der Waals surface area (Å²) in [5.74, 6) is -0.133. The molecule has 6 nitrogen and oxygen atoms in total. The number of para-hydroxylation sites is 1. The van der Waals surface area contributed by atoms with E-state index in [1.54, 1.807) is 12.1 Å². The van der Waals surface area contributed by atoms with E-state index in [4.69, 9.17) is 19.3 Å². The van der Waals surface area contributed by atoms with Gasteiger partial charge in [0.05, 0.1) is 18.6 Å². The maximum atomic E-state index is 11.5. The number of carboxylic acid groups (broad SMARTS) is 1. The molecule has 0 aliphatic carbocycles. The maximum Gasteiger partial charge on any atom is 0.335 e. The molecule has 0 heterocycles. The van der Waals surface area contributed by atoms with Gasteiger partial charge in [-0.15, -0.1) is 0 Å². The zero-order chi connectivity index (χ0) is 17.2. The Balaban J connectivity index is 1.58. The maximum absolute atomic E-state index is 11.5. The van der Waals surface area contributed by atoms with E-state index in [1.165, 1.54) is 12.1 Å². The van der Waals surface area contributed by atoms with Crippen LogP contribution in [0.3, 0.4) is 0 Å². The van der Waals surface area contributed by atoms with Crippen LogP contribution >= 0.6 is 0 Å². The van der Waals surface area contributed by atoms with Gasteiger partial charge in [-0.2, -0.15) is 0 Å². The van der Waals surface area contributed by atoms with Crippen LogP contribution in [-0.4, -0.2) is 36.9 Å². The van der Waals surface area contributed by atoms with E-state index in [9.17, 15) is 9.59 Å². The highest BCUT2D eigenvalue weighted by atomic mass is 16.6. The van der Waals surface area contributed by atoms with Crippen LogP contribution in [-0.2, 0) is 9.53 Å². The van der Waals surface area contributed by atoms with Gasteiger partial charge in [-0.1, -0.05) is 18.2 Å². The topological polar surface area (TPSA) is 82.1 Å². The molecule has 126 valence electrons. The second-order valence-corrected chi connectivity index (χ2v) is 4.81. The molecule has 2 aromatic rings. The van der Waals surface area contributed by atoms with Gasteiger partial charge < -0.3 is 19.3 Å². The quantitative estimate of drug-likeness (QED) is 0.562. The molecule has 0 aliphatic heterocycles. The number of esters is 1. The lowest BCUT2D eigenvalue weighted by Crippen LogP contribution is -2.14. The minimum absolute atomic E-state index is 0.116. The van der Waals surface area contributed by atoms with Crippen LogP contribution in [0.4, 0.5) is 0 Å². The zero-order valence-electron chi connectivity index (χ0n) is 13.0. The summed E-state index contributed by atoms with van der Waals surface area (Å²) in [6, 6.07) is 15.2. The number of hydrogen-bond acceptors (Lipinski definition) is 5. The second kappa shape index (κ2) is 9.19. The predicted molar refractivity (Wildman–Crippen MR) is 86.4 cm³/mol. The van der Waals surface area contributed by atoms with Crippen molar-refractivity contribution in [3.05, 3.63) is 60.2 Å². The average molecular weight is 330 g/mol. The first-order chi connectivity index (χ1) is 11.6. The van der Waals surface area contributed by atoms with Gasteiger partial charge in [0.1, 0.15) is 24.7 Å². The van der Waals surface area contributed by atoms with Crippen molar-refractivity contribution in [3.8, 4) is 11.5 Å². The minimum Gasteiger partial charge on any atom is -0.493 e. The molecule has 0 bridgehead atoms. The van der Waals surface area contributed by atoms with Crippen molar-refractivity contribution < 1.29 is 28.9 Å². The molecule has 6 heteroatoms. The van der Waals surface area contributed by atoms with Gasteiger partial charge in [-0.05, 0) is 36.4 Å². The zero-order valence-corrected chi connectivity index (χ0v) is 13.0. The van der Waals surface area contributed by atoms with E-state index in [0.717, 1.165) is 0 Å². The van der Waals surface area contributed by atoms with E-state index in [0.29, 0.717) is 11.5 Å². The van der Waals surface area contributed by atoms with Crippen molar-refractivity contribution in [3.63, 3.8) is 0 Å². The van der Waals surface area contributed by atoms with Crippen LogP contribution in [0.15, 0.2) is 54.6 Å². The Morgan fingerprint density at radius 2 is 1.42 bits per heavy atom. The van der Waals surface area contributed by atoms with E-state index < -0.39 is 5.97 Å². The highest BCUT2D eigenvalue weighted by Gasteiger charge is 2.05. The Hall–Kier alpha value is -3.02. The third-order valence-corrected chi connectivity index (χ3v) is 3.03. The fourth-order valence-electron chi connectivity index (χ4n) is 1.85. The molecular weight excluding hydrogens is 312 g/mol. The molecule has 0 aromatic heterocycles. The summed E-state index contributed by atoms with van der Waals surface area (Å²) in [6.07, 6.45) is 0.155. The molecule has 1 N–H and O–H groups in total. The predicted octanol–water partition coefficient (Wildman–Crippen LogP) is 2.78. The number of benzene rings is 2. The summed E-state index contributed by atoms with van der Waals surface area (Å²) in [7, 11) is 0. The highest BCUT2D eigenvalue weighted by Crippen LogP contribution is 2.12. The van der Waals surface area contributed by atoms with Crippen molar-refractivity contribution >= 4 is 11.9 Å². The smallest absolute Gasteiger partial charge is 0.335 e. The molecule has 24 heavy (non-hydrogen) atoms. The van der Waals surface area contributed by atoms with Crippen LogP contribution in [0.5, 0.6) is 11.5 Å². The number of carboxylic acids is 1. The molecule has 0 spiro atoms. The number of rotatable bonds is 9. The number of ether oxygens (including phenoxy) is 3. The van der Waals surface area contributed by atoms with Gasteiger partial charge in [0.15, 0.2) is 0 Å². The molecule has 0 aliphatic rings. The Labute approximate surface area is 139 Å². The molecule has 0 atom stereocenters. The third-order valence-electron chi connectivity index (χ3n) is 3.03. The fraction of sp³-hybridized carbons (Fsp3) is 0.222. The summed E-state index contributed by atoms with van der Waals surface area (Å²) >= 11 is 0. The van der Waals surface area contributed by atoms with E-state index in [-0.39, 0.29) is 37.8 Å². The van der Waals surface area contributed by atoms with Gasteiger partial charge in [0.25, 0.3) is 0 Å². The number of hydrogen-bond donors (Lipinski definition) is 1. The molecule has 0 unspecified atom stereocenters. The highest BCUT2D eigenvalue weighted by molar-refractivity contribution is 5.87. The lowest BCUT2D eigenvalue weighted by molar-refractivity contribution is -0.144. The molecule has 0 saturated carbocycles. The number of carbonyl (C=O) groups is 2. The summed E-state index contributed by atoms with van der Waals surface area (Å²) < 4.78 is 15.8. The van der Waals surface area contributed by atoms with Crippen molar-refractivity contribution in [2.24, 2.45) is 0 Å². The molecule has 0 radical (unpaired) electrons. The van der Waals surface area contributed by atoms with Crippen LogP contribution in [0.2, 0.25) is 0 Å². The first-order valence-electron chi connectivity index (χ1n) is 7.45. The molecular formula is C18H18O6. The van der Waals surface area contributed by atoms with Crippen molar-refractivity contribution in [1.82, 2.24) is 0 Å². The Morgan fingerprint density at radius 3 is 2.08 bits per heavy atom. The lowest BCUT2D eigenvalue weighted by Gasteiger charge is -2.08. The van der Waals surface area contributed by atoms with Gasteiger partial charge in [-0.3, -0.25) is 4.79 Å². The number of carbonyl (C=O) groups excluding carboxylic acids is 1. The second-order valence-electron chi connectivity index (χ2n) is 4.81. The first-order valence-corrected chi connectivity index (χ1v) is 7.45. The molecule has 2 aromatic carbocycles. The summed E-state index contributed by atoms with van der Waals surface area (Å²) in [6.45, 7) is 0.558. The fourth-order valence-corrected chi connectivity index (χ4v) is 1.85. The first kappa shape index (κ1) is 17.3. The molecule has 0 amide bonds. The SMILES string of the molecule is O=C(CCOc1ccccc1)OCCOc1ccc(C(=O)O)cc1. The monoisotopic (exact) mass is 330 g/mol. The van der Waals surface area contributed by atoms with E-state index in [1.807, 2.05) is 30.3 Å². The summed E-state index contributed by atoms with van der Waals surface area (Å²) in [5.41, 5.74) is 0.187. The van der Waals surface area contributed by atoms with Gasteiger partial charge in [0, 0.05) is 0 Å². The van der Waals surface area contributed by atoms with Crippen LogP contribution < -0.4 is 9.47 Å². The minimum atomic E-state index is -0.992. The molecule has 0 saturated heterocycles. The summed E-state index contributed by atoms with van der Waals surface area (Å²) in [5, 5.41) is 8.79. The van der Waals surface area contributed by atoms with E-state index in [2.05, 4.69) is 0 Å². The van der Waals surface area contributed by atoms with Crippen molar-refractivity contribution in [2.75, 3.05) is 19.8 Å². The van der Waals surface area contributed by atoms with E-state index >= 15 is 0 Å². The largest absolute Gasteiger partial charge is 0.493 e.